The molecule has 3 aromatic rings. The normalized spacial score (nSPS) is 15.4. The van der Waals surface area contributed by atoms with Crippen molar-refractivity contribution in [2.75, 3.05) is 39.8 Å². The molecular formula is C26H29ClN2O3. The maximum Gasteiger partial charge on any atom is 0.246 e. The molecular weight excluding hydrogens is 424 g/mol. The van der Waals surface area contributed by atoms with Gasteiger partial charge in [-0.2, -0.15) is 0 Å². The second-order valence-electron chi connectivity index (χ2n) is 8.30. The highest BCUT2D eigenvalue weighted by atomic mass is 35.5. The van der Waals surface area contributed by atoms with Crippen molar-refractivity contribution in [2.24, 2.45) is 0 Å². The van der Waals surface area contributed by atoms with Gasteiger partial charge in [0.25, 0.3) is 0 Å². The van der Waals surface area contributed by atoms with Crippen molar-refractivity contribution >= 4 is 34.1 Å². The minimum absolute atomic E-state index is 0.0425. The number of carbonyl (C=O) groups is 1. The van der Waals surface area contributed by atoms with Gasteiger partial charge >= 0.3 is 0 Å². The predicted octanol–water partition coefficient (Wildman–Crippen LogP) is 5.64. The lowest BCUT2D eigenvalue weighted by molar-refractivity contribution is -0.127. The van der Waals surface area contributed by atoms with Crippen LogP contribution in [0.4, 0.5) is 0 Å². The maximum absolute atomic E-state index is 12.9. The average Bonchev–Trinajstić information content (AvgIpc) is 3.20. The number of aryl methyl sites for hydroxylation is 1. The number of rotatable bonds is 5. The van der Waals surface area contributed by atoms with Gasteiger partial charge in [-0.15, -0.1) is 0 Å². The van der Waals surface area contributed by atoms with Crippen LogP contribution in [-0.4, -0.2) is 55.5 Å². The number of piperazine rings is 1. The Kier molecular flexibility index (Phi) is 6.58. The molecule has 0 bridgehead atoms. The molecule has 32 heavy (non-hydrogen) atoms. The highest BCUT2D eigenvalue weighted by Gasteiger charge is 2.21. The number of furan rings is 1. The molecule has 0 saturated carbocycles. The van der Waals surface area contributed by atoms with Gasteiger partial charge in [-0.05, 0) is 57.2 Å². The number of hydrogen-bond acceptors (Lipinski definition) is 4. The number of nitrogens with zero attached hydrogens (tertiary/aromatic N) is 2. The van der Waals surface area contributed by atoms with E-state index in [1.807, 2.05) is 49.9 Å². The third kappa shape index (κ3) is 4.41. The van der Waals surface area contributed by atoms with Crippen molar-refractivity contribution in [1.82, 2.24) is 9.80 Å². The molecule has 4 rings (SSSR count). The second-order valence-corrected chi connectivity index (χ2v) is 8.74. The number of likely N-dealkylation sites (N-methyl/N-ethyl adjacent to an activating group) is 1. The van der Waals surface area contributed by atoms with Gasteiger partial charge < -0.3 is 19.0 Å². The van der Waals surface area contributed by atoms with E-state index in [1.54, 1.807) is 12.3 Å². The van der Waals surface area contributed by atoms with Crippen LogP contribution in [0.5, 0.6) is 5.75 Å². The van der Waals surface area contributed by atoms with E-state index in [2.05, 4.69) is 18.0 Å². The van der Waals surface area contributed by atoms with Crippen molar-refractivity contribution in [2.45, 2.75) is 20.8 Å². The van der Waals surface area contributed by atoms with Gasteiger partial charge in [0.2, 0.25) is 5.91 Å². The van der Waals surface area contributed by atoms with E-state index < -0.39 is 0 Å². The van der Waals surface area contributed by atoms with Gasteiger partial charge in [-0.1, -0.05) is 23.7 Å². The third-order valence-electron chi connectivity index (χ3n) is 6.07. The number of halogens is 1. The van der Waals surface area contributed by atoms with Crippen molar-refractivity contribution in [1.29, 1.82) is 0 Å². The molecule has 0 unspecified atom stereocenters. The Hall–Kier alpha value is -2.76. The molecule has 0 spiro atoms. The van der Waals surface area contributed by atoms with Crippen molar-refractivity contribution < 1.29 is 13.9 Å². The van der Waals surface area contributed by atoms with Crippen molar-refractivity contribution in [3.63, 3.8) is 0 Å². The molecule has 1 saturated heterocycles. The molecule has 1 aliphatic heterocycles. The fourth-order valence-electron chi connectivity index (χ4n) is 4.17. The second kappa shape index (κ2) is 9.39. The number of allylic oxidation sites excluding steroid dienone is 1. The van der Waals surface area contributed by atoms with E-state index in [-0.39, 0.29) is 5.91 Å². The molecule has 168 valence electrons. The summed E-state index contributed by atoms with van der Waals surface area (Å²) < 4.78 is 12.0. The smallest absolute Gasteiger partial charge is 0.246 e. The van der Waals surface area contributed by atoms with E-state index in [4.69, 9.17) is 20.8 Å². The summed E-state index contributed by atoms with van der Waals surface area (Å²) in [4.78, 5) is 17.1. The van der Waals surface area contributed by atoms with Crippen LogP contribution in [0.3, 0.4) is 0 Å². The largest absolute Gasteiger partial charge is 0.493 e. The Bertz CT molecular complexity index is 1160. The van der Waals surface area contributed by atoms with Crippen LogP contribution in [0.2, 0.25) is 5.02 Å². The van der Waals surface area contributed by atoms with Crippen LogP contribution >= 0.6 is 11.6 Å². The molecule has 0 N–H and O–H groups in total. The summed E-state index contributed by atoms with van der Waals surface area (Å²) in [5.74, 6) is 0.804. The minimum Gasteiger partial charge on any atom is -0.493 e. The molecule has 0 radical (unpaired) electrons. The molecule has 1 aliphatic rings. The Morgan fingerprint density at radius 3 is 2.53 bits per heavy atom. The van der Waals surface area contributed by atoms with Crippen LogP contribution in [-0.2, 0) is 4.79 Å². The summed E-state index contributed by atoms with van der Waals surface area (Å²) in [6.07, 6.45) is 3.51. The SMILES string of the molecule is CCOc1c(/C(C)=C/C(=O)N2CCN(C)CC2)cc2c(-c3ccc(Cl)cc3)coc2c1C. The Morgan fingerprint density at radius 1 is 1.19 bits per heavy atom. The zero-order chi connectivity index (χ0) is 22.8. The van der Waals surface area contributed by atoms with Crippen LogP contribution in [0.1, 0.15) is 25.0 Å². The molecule has 0 aliphatic carbocycles. The summed E-state index contributed by atoms with van der Waals surface area (Å²) in [6.45, 7) is 9.75. The van der Waals surface area contributed by atoms with Crippen LogP contribution < -0.4 is 4.74 Å². The van der Waals surface area contributed by atoms with Gasteiger partial charge in [0, 0.05) is 59.4 Å². The molecule has 1 amide bonds. The lowest BCUT2D eigenvalue weighted by Gasteiger charge is -2.31. The topological polar surface area (TPSA) is 45.9 Å². The number of fused-ring (bicyclic) bond motifs is 1. The standard InChI is InChI=1S/C26H29ClN2O3/c1-5-31-25-18(3)26-22(23(16-32-26)19-6-8-20(27)9-7-19)15-21(25)17(2)14-24(30)29-12-10-28(4)11-13-29/h6-9,14-16H,5,10-13H2,1-4H3/b17-14+. The first kappa shape index (κ1) is 22.4. The Labute approximate surface area is 194 Å². The summed E-state index contributed by atoms with van der Waals surface area (Å²) in [6, 6.07) is 9.79. The molecule has 2 heterocycles. The molecule has 6 heteroatoms. The van der Waals surface area contributed by atoms with Gasteiger partial charge in [0.15, 0.2) is 0 Å². The zero-order valence-corrected chi connectivity index (χ0v) is 19.8. The lowest BCUT2D eigenvalue weighted by Crippen LogP contribution is -2.46. The highest BCUT2D eigenvalue weighted by Crippen LogP contribution is 2.41. The van der Waals surface area contributed by atoms with Crippen molar-refractivity contribution in [3.05, 3.63) is 58.8 Å². The molecule has 1 aromatic heterocycles. The maximum atomic E-state index is 12.9. The quantitative estimate of drug-likeness (QED) is 0.470. The van der Waals surface area contributed by atoms with E-state index >= 15 is 0 Å². The first-order valence-electron chi connectivity index (χ1n) is 11.0. The molecule has 0 atom stereocenters. The van der Waals surface area contributed by atoms with Gasteiger partial charge in [-0.3, -0.25) is 4.79 Å². The highest BCUT2D eigenvalue weighted by molar-refractivity contribution is 6.30. The average molecular weight is 453 g/mol. The van der Waals surface area contributed by atoms with Gasteiger partial charge in [-0.25, -0.2) is 0 Å². The van der Waals surface area contributed by atoms with Crippen LogP contribution in [0.15, 0.2) is 47.1 Å². The Morgan fingerprint density at radius 2 is 1.88 bits per heavy atom. The first-order chi connectivity index (χ1) is 15.4. The van der Waals surface area contributed by atoms with Gasteiger partial charge in [0.05, 0.1) is 12.9 Å². The molecule has 2 aromatic carbocycles. The fraction of sp³-hybridized carbons (Fsp3) is 0.346. The number of hydrogen-bond donors (Lipinski definition) is 0. The summed E-state index contributed by atoms with van der Waals surface area (Å²) >= 11 is 6.07. The minimum atomic E-state index is 0.0425. The first-order valence-corrected chi connectivity index (χ1v) is 11.4. The van der Waals surface area contributed by atoms with Crippen LogP contribution in [0.25, 0.3) is 27.7 Å². The Balaban J connectivity index is 1.78. The monoisotopic (exact) mass is 452 g/mol. The molecule has 5 nitrogen and oxygen atoms in total. The molecule has 1 fully saturated rings. The van der Waals surface area contributed by atoms with E-state index in [0.29, 0.717) is 11.6 Å². The zero-order valence-electron chi connectivity index (χ0n) is 19.1. The summed E-state index contributed by atoms with van der Waals surface area (Å²) in [5, 5.41) is 1.68. The predicted molar refractivity (Wildman–Crippen MR) is 130 cm³/mol. The van der Waals surface area contributed by atoms with Gasteiger partial charge in [0.1, 0.15) is 11.3 Å². The number of amides is 1. The lowest BCUT2D eigenvalue weighted by atomic mass is 9.96. The summed E-state index contributed by atoms with van der Waals surface area (Å²) in [5.41, 5.74) is 5.53. The van der Waals surface area contributed by atoms with Crippen LogP contribution in [0, 0.1) is 6.92 Å². The van der Waals surface area contributed by atoms with E-state index in [9.17, 15) is 4.79 Å². The number of ether oxygens (including phenoxy) is 1. The number of benzene rings is 2. The van der Waals surface area contributed by atoms with E-state index in [1.165, 1.54) is 0 Å². The number of carbonyl (C=O) groups excluding carboxylic acids is 1. The third-order valence-corrected chi connectivity index (χ3v) is 6.32. The van der Waals surface area contributed by atoms with Crippen molar-refractivity contribution in [3.8, 4) is 16.9 Å². The summed E-state index contributed by atoms with van der Waals surface area (Å²) in [7, 11) is 2.08. The van der Waals surface area contributed by atoms with E-state index in [0.717, 1.165) is 70.7 Å². The fourth-order valence-corrected chi connectivity index (χ4v) is 4.30.